The van der Waals surface area contributed by atoms with Crippen LogP contribution in [0.4, 0.5) is 0 Å². The third kappa shape index (κ3) is 1.07. The lowest BCUT2D eigenvalue weighted by Crippen LogP contribution is -2.36. The largest absolute Gasteiger partial charge is 0.396 e. The molecule has 0 saturated carbocycles. The van der Waals surface area contributed by atoms with Crippen LogP contribution in [0.25, 0.3) is 0 Å². The lowest BCUT2D eigenvalue weighted by Gasteiger charge is -2.21. The molecule has 4 atom stereocenters. The third-order valence-electron chi connectivity index (χ3n) is 3.09. The fourth-order valence-corrected chi connectivity index (χ4v) is 2.46. The van der Waals surface area contributed by atoms with Crippen LogP contribution in [0, 0.1) is 5.92 Å². The second-order valence-corrected chi connectivity index (χ2v) is 3.76. The van der Waals surface area contributed by atoms with Gasteiger partial charge in [0.15, 0.2) is 0 Å². The molecule has 0 bridgehead atoms. The van der Waals surface area contributed by atoms with Crippen LogP contribution in [0.5, 0.6) is 0 Å². The van der Waals surface area contributed by atoms with Gasteiger partial charge in [-0.15, -0.1) is 0 Å². The lowest BCUT2D eigenvalue weighted by atomic mass is 9.95. The van der Waals surface area contributed by atoms with Crippen LogP contribution in [0.1, 0.15) is 6.42 Å². The minimum atomic E-state index is -0.463. The molecular weight excluding hydrogens is 158 g/mol. The SMILES string of the molecule is OC[C@@H]1[C@@H]2[C@@H](O)CCN2C[C@H]1O. The maximum Gasteiger partial charge on any atom is 0.0733 e. The van der Waals surface area contributed by atoms with Crippen LogP contribution in [-0.4, -0.2) is 58.2 Å². The molecule has 2 heterocycles. The van der Waals surface area contributed by atoms with Crippen molar-refractivity contribution < 1.29 is 15.3 Å². The van der Waals surface area contributed by atoms with Crippen LogP contribution in [0.3, 0.4) is 0 Å². The summed E-state index contributed by atoms with van der Waals surface area (Å²) in [5.41, 5.74) is 0. The molecule has 0 aromatic carbocycles. The summed E-state index contributed by atoms with van der Waals surface area (Å²) in [5.74, 6) is -0.150. The summed E-state index contributed by atoms with van der Waals surface area (Å²) >= 11 is 0. The molecule has 0 aliphatic carbocycles. The highest BCUT2D eigenvalue weighted by molar-refractivity contribution is 5.00. The van der Waals surface area contributed by atoms with Crippen molar-refractivity contribution in [1.29, 1.82) is 0 Å². The Balaban J connectivity index is 2.12. The molecule has 2 saturated heterocycles. The molecule has 0 aromatic heterocycles. The Morgan fingerprint density at radius 1 is 1.25 bits per heavy atom. The molecule has 0 spiro atoms. The van der Waals surface area contributed by atoms with Crippen LogP contribution in [0.15, 0.2) is 0 Å². The number of aliphatic hydroxyl groups excluding tert-OH is 3. The fourth-order valence-electron chi connectivity index (χ4n) is 2.46. The summed E-state index contributed by atoms with van der Waals surface area (Å²) in [6.45, 7) is 1.42. The van der Waals surface area contributed by atoms with Gasteiger partial charge in [0.1, 0.15) is 0 Å². The van der Waals surface area contributed by atoms with Crippen molar-refractivity contribution in [2.75, 3.05) is 19.7 Å². The van der Waals surface area contributed by atoms with Gasteiger partial charge in [-0.25, -0.2) is 0 Å². The monoisotopic (exact) mass is 173 g/mol. The number of hydrogen-bond donors (Lipinski definition) is 3. The first-order valence-electron chi connectivity index (χ1n) is 4.45. The molecule has 12 heavy (non-hydrogen) atoms. The molecule has 2 aliphatic rings. The van der Waals surface area contributed by atoms with Crippen molar-refractivity contribution in [2.24, 2.45) is 5.92 Å². The summed E-state index contributed by atoms with van der Waals surface area (Å²) in [6, 6.07) is -0.00926. The predicted molar refractivity (Wildman–Crippen MR) is 42.6 cm³/mol. The maximum atomic E-state index is 9.55. The first-order valence-corrected chi connectivity index (χ1v) is 4.45. The molecule has 2 fully saturated rings. The Labute approximate surface area is 71.4 Å². The molecule has 70 valence electrons. The van der Waals surface area contributed by atoms with Crippen molar-refractivity contribution in [3.05, 3.63) is 0 Å². The Morgan fingerprint density at radius 2 is 2.00 bits per heavy atom. The highest BCUT2D eigenvalue weighted by Gasteiger charge is 2.47. The Hall–Kier alpha value is -0.160. The Bertz CT molecular complexity index is 176. The molecule has 4 heteroatoms. The first-order chi connectivity index (χ1) is 5.74. The Morgan fingerprint density at radius 3 is 2.67 bits per heavy atom. The zero-order chi connectivity index (χ0) is 8.72. The molecule has 0 radical (unpaired) electrons. The highest BCUT2D eigenvalue weighted by Crippen LogP contribution is 2.32. The van der Waals surface area contributed by atoms with Crippen LogP contribution < -0.4 is 0 Å². The van der Waals surface area contributed by atoms with E-state index in [0.29, 0.717) is 6.54 Å². The van der Waals surface area contributed by atoms with Gasteiger partial charge in [-0.1, -0.05) is 0 Å². The van der Waals surface area contributed by atoms with E-state index >= 15 is 0 Å². The van der Waals surface area contributed by atoms with E-state index in [4.69, 9.17) is 5.11 Å². The van der Waals surface area contributed by atoms with Gasteiger partial charge in [-0.3, -0.25) is 4.90 Å². The standard InChI is InChI=1S/C8H15NO3/c10-4-5-7(12)3-9-2-1-6(11)8(5)9/h5-8,10-12H,1-4H2/t5-,6-,7+,8+/m0/s1. The van der Waals surface area contributed by atoms with E-state index < -0.39 is 6.10 Å². The van der Waals surface area contributed by atoms with Crippen molar-refractivity contribution in [2.45, 2.75) is 24.7 Å². The summed E-state index contributed by atoms with van der Waals surface area (Å²) in [5, 5.41) is 28.1. The second kappa shape index (κ2) is 2.96. The third-order valence-corrected chi connectivity index (χ3v) is 3.09. The van der Waals surface area contributed by atoms with E-state index in [1.165, 1.54) is 0 Å². The lowest BCUT2D eigenvalue weighted by molar-refractivity contribution is 0.0518. The van der Waals surface area contributed by atoms with Gasteiger partial charge in [0, 0.05) is 25.0 Å². The summed E-state index contributed by atoms with van der Waals surface area (Å²) < 4.78 is 0. The van der Waals surface area contributed by atoms with Crippen LogP contribution >= 0.6 is 0 Å². The van der Waals surface area contributed by atoms with E-state index in [-0.39, 0.29) is 24.7 Å². The summed E-state index contributed by atoms with van der Waals surface area (Å²) in [7, 11) is 0. The molecule has 4 nitrogen and oxygen atoms in total. The molecular formula is C8H15NO3. The molecule has 0 amide bonds. The molecule has 2 rings (SSSR count). The topological polar surface area (TPSA) is 63.9 Å². The van der Waals surface area contributed by atoms with Crippen LogP contribution in [0.2, 0.25) is 0 Å². The van der Waals surface area contributed by atoms with Gasteiger partial charge in [0.2, 0.25) is 0 Å². The average Bonchev–Trinajstić information content (AvgIpc) is 2.52. The van der Waals surface area contributed by atoms with Gasteiger partial charge < -0.3 is 15.3 Å². The maximum absolute atomic E-state index is 9.55. The van der Waals surface area contributed by atoms with Crippen molar-refractivity contribution in [3.8, 4) is 0 Å². The summed E-state index contributed by atoms with van der Waals surface area (Å²) in [6.07, 6.45) is -0.0531. The number of aliphatic hydroxyl groups is 3. The van der Waals surface area contributed by atoms with Gasteiger partial charge in [0.25, 0.3) is 0 Å². The normalized spacial score (nSPS) is 48.2. The van der Waals surface area contributed by atoms with Crippen molar-refractivity contribution >= 4 is 0 Å². The van der Waals surface area contributed by atoms with Gasteiger partial charge in [0.05, 0.1) is 18.8 Å². The Kier molecular flexibility index (Phi) is 2.08. The van der Waals surface area contributed by atoms with Crippen molar-refractivity contribution in [1.82, 2.24) is 4.90 Å². The highest BCUT2D eigenvalue weighted by atomic mass is 16.3. The minimum Gasteiger partial charge on any atom is -0.396 e. The number of nitrogens with zero attached hydrogens (tertiary/aromatic N) is 1. The van der Waals surface area contributed by atoms with E-state index in [2.05, 4.69) is 4.90 Å². The molecule has 2 aliphatic heterocycles. The molecule has 0 unspecified atom stereocenters. The molecule has 3 N–H and O–H groups in total. The van der Waals surface area contributed by atoms with E-state index in [1.54, 1.807) is 0 Å². The van der Waals surface area contributed by atoms with Crippen LogP contribution in [-0.2, 0) is 0 Å². The van der Waals surface area contributed by atoms with Gasteiger partial charge in [-0.05, 0) is 6.42 Å². The zero-order valence-corrected chi connectivity index (χ0v) is 6.93. The fraction of sp³-hybridized carbons (Fsp3) is 1.00. The van der Waals surface area contributed by atoms with Crippen molar-refractivity contribution in [3.63, 3.8) is 0 Å². The zero-order valence-electron chi connectivity index (χ0n) is 6.93. The number of rotatable bonds is 1. The van der Waals surface area contributed by atoms with Gasteiger partial charge >= 0.3 is 0 Å². The molecule has 0 aromatic rings. The number of hydrogen-bond acceptors (Lipinski definition) is 4. The average molecular weight is 173 g/mol. The van der Waals surface area contributed by atoms with Gasteiger partial charge in [-0.2, -0.15) is 0 Å². The smallest absolute Gasteiger partial charge is 0.0733 e. The van der Waals surface area contributed by atoms with E-state index in [9.17, 15) is 10.2 Å². The second-order valence-electron chi connectivity index (χ2n) is 3.76. The van der Waals surface area contributed by atoms with E-state index in [0.717, 1.165) is 13.0 Å². The quantitative estimate of drug-likeness (QED) is 0.447. The summed E-state index contributed by atoms with van der Waals surface area (Å²) in [4.78, 5) is 2.07. The predicted octanol–water partition coefficient (Wildman–Crippen LogP) is -1.60. The first kappa shape index (κ1) is 8.44. The minimum absolute atomic E-state index is 0.00926. The number of fused-ring (bicyclic) bond motifs is 1. The van der Waals surface area contributed by atoms with E-state index in [1.807, 2.05) is 0 Å².